The standard InChI is InChI=1S/C14H10BrNO2S/c1-17-10-3-5-11(6-4-10)18-14-16-12-7-2-9(15)8-13(12)19-14/h2-8H,1H3. The Kier molecular flexibility index (Phi) is 3.40. The van der Waals surface area contributed by atoms with Crippen molar-refractivity contribution in [1.29, 1.82) is 0 Å². The molecule has 0 aliphatic rings. The summed E-state index contributed by atoms with van der Waals surface area (Å²) in [5.74, 6) is 1.56. The van der Waals surface area contributed by atoms with Crippen LogP contribution in [0.15, 0.2) is 46.9 Å². The van der Waals surface area contributed by atoms with Gasteiger partial charge in [-0.15, -0.1) is 0 Å². The number of methoxy groups -OCH3 is 1. The molecule has 0 saturated heterocycles. The molecule has 0 aliphatic heterocycles. The lowest BCUT2D eigenvalue weighted by Crippen LogP contribution is -1.84. The maximum atomic E-state index is 5.74. The van der Waals surface area contributed by atoms with Crippen molar-refractivity contribution >= 4 is 37.5 Å². The lowest BCUT2D eigenvalue weighted by atomic mass is 10.3. The van der Waals surface area contributed by atoms with Gasteiger partial charge in [0, 0.05) is 4.47 Å². The van der Waals surface area contributed by atoms with E-state index in [0.29, 0.717) is 5.19 Å². The fourth-order valence-electron chi connectivity index (χ4n) is 1.67. The maximum Gasteiger partial charge on any atom is 0.279 e. The lowest BCUT2D eigenvalue weighted by Gasteiger charge is -2.02. The Morgan fingerprint density at radius 1 is 1.05 bits per heavy atom. The minimum absolute atomic E-state index is 0.637. The molecule has 3 nitrogen and oxygen atoms in total. The lowest BCUT2D eigenvalue weighted by molar-refractivity contribution is 0.412. The average Bonchev–Trinajstić information content (AvgIpc) is 2.81. The molecule has 0 spiro atoms. The number of hydrogen-bond acceptors (Lipinski definition) is 4. The van der Waals surface area contributed by atoms with Crippen LogP contribution in [0.1, 0.15) is 0 Å². The largest absolute Gasteiger partial charge is 0.497 e. The quantitative estimate of drug-likeness (QED) is 0.684. The first-order valence-electron chi connectivity index (χ1n) is 5.62. The number of rotatable bonds is 3. The number of ether oxygens (including phenoxy) is 2. The molecular weight excluding hydrogens is 326 g/mol. The molecular formula is C14H10BrNO2S. The van der Waals surface area contributed by atoms with Crippen LogP contribution in [-0.4, -0.2) is 12.1 Å². The van der Waals surface area contributed by atoms with Gasteiger partial charge in [0.15, 0.2) is 0 Å². The van der Waals surface area contributed by atoms with E-state index < -0.39 is 0 Å². The van der Waals surface area contributed by atoms with Gasteiger partial charge < -0.3 is 9.47 Å². The molecule has 96 valence electrons. The Morgan fingerprint density at radius 2 is 1.79 bits per heavy atom. The van der Waals surface area contributed by atoms with Gasteiger partial charge in [0.25, 0.3) is 5.19 Å². The molecule has 1 heterocycles. The number of nitrogens with zero attached hydrogens (tertiary/aromatic N) is 1. The topological polar surface area (TPSA) is 31.4 Å². The van der Waals surface area contributed by atoms with Crippen molar-refractivity contribution in [1.82, 2.24) is 4.98 Å². The summed E-state index contributed by atoms with van der Waals surface area (Å²) >= 11 is 4.97. The summed E-state index contributed by atoms with van der Waals surface area (Å²) in [5.41, 5.74) is 0.941. The number of aromatic nitrogens is 1. The average molecular weight is 336 g/mol. The van der Waals surface area contributed by atoms with Gasteiger partial charge in [-0.05, 0) is 42.5 Å². The molecule has 5 heteroatoms. The highest BCUT2D eigenvalue weighted by molar-refractivity contribution is 9.10. The van der Waals surface area contributed by atoms with Gasteiger partial charge in [0.05, 0.1) is 17.3 Å². The maximum absolute atomic E-state index is 5.74. The van der Waals surface area contributed by atoms with E-state index in [-0.39, 0.29) is 0 Å². The second-order valence-corrected chi connectivity index (χ2v) is 5.78. The van der Waals surface area contributed by atoms with Crippen LogP contribution in [0.2, 0.25) is 0 Å². The molecule has 0 bridgehead atoms. The molecule has 0 radical (unpaired) electrons. The number of hydrogen-bond donors (Lipinski definition) is 0. The predicted octanol–water partition coefficient (Wildman–Crippen LogP) is 4.86. The van der Waals surface area contributed by atoms with Crippen LogP contribution < -0.4 is 9.47 Å². The van der Waals surface area contributed by atoms with Crippen LogP contribution in [0.3, 0.4) is 0 Å². The summed E-state index contributed by atoms with van der Waals surface area (Å²) in [4.78, 5) is 4.44. The third-order valence-electron chi connectivity index (χ3n) is 2.60. The van der Waals surface area contributed by atoms with Crippen molar-refractivity contribution in [3.05, 3.63) is 46.9 Å². The van der Waals surface area contributed by atoms with E-state index >= 15 is 0 Å². The molecule has 0 amide bonds. The van der Waals surface area contributed by atoms with Gasteiger partial charge in [-0.3, -0.25) is 0 Å². The third kappa shape index (κ3) is 2.72. The summed E-state index contributed by atoms with van der Waals surface area (Å²) in [6, 6.07) is 13.4. The normalized spacial score (nSPS) is 10.6. The van der Waals surface area contributed by atoms with Gasteiger partial charge in [-0.25, -0.2) is 4.98 Å². The Hall–Kier alpha value is -1.59. The van der Waals surface area contributed by atoms with Crippen LogP contribution in [0.5, 0.6) is 16.7 Å². The van der Waals surface area contributed by atoms with Crippen molar-refractivity contribution in [2.75, 3.05) is 7.11 Å². The van der Waals surface area contributed by atoms with Crippen molar-refractivity contribution in [2.45, 2.75) is 0 Å². The van der Waals surface area contributed by atoms with E-state index in [1.54, 1.807) is 7.11 Å². The van der Waals surface area contributed by atoms with E-state index in [1.807, 2.05) is 42.5 Å². The van der Waals surface area contributed by atoms with Crippen molar-refractivity contribution in [2.24, 2.45) is 0 Å². The van der Waals surface area contributed by atoms with E-state index in [2.05, 4.69) is 20.9 Å². The Bertz CT molecular complexity index is 709. The van der Waals surface area contributed by atoms with E-state index in [0.717, 1.165) is 26.2 Å². The number of thiazole rings is 1. The third-order valence-corrected chi connectivity index (χ3v) is 3.98. The molecule has 1 aromatic heterocycles. The molecule has 2 aromatic carbocycles. The van der Waals surface area contributed by atoms with Gasteiger partial charge in [-0.2, -0.15) is 0 Å². The summed E-state index contributed by atoms with van der Waals surface area (Å²) < 4.78 is 13.0. The van der Waals surface area contributed by atoms with Crippen molar-refractivity contribution in [3.8, 4) is 16.7 Å². The number of halogens is 1. The summed E-state index contributed by atoms with van der Waals surface area (Å²) in [6.07, 6.45) is 0. The van der Waals surface area contributed by atoms with Gasteiger partial charge in [-0.1, -0.05) is 27.3 Å². The zero-order chi connectivity index (χ0) is 13.2. The molecule has 0 N–H and O–H groups in total. The number of benzene rings is 2. The predicted molar refractivity (Wildman–Crippen MR) is 80.4 cm³/mol. The number of fused-ring (bicyclic) bond motifs is 1. The van der Waals surface area contributed by atoms with Gasteiger partial charge >= 0.3 is 0 Å². The fraction of sp³-hybridized carbons (Fsp3) is 0.0714. The smallest absolute Gasteiger partial charge is 0.279 e. The molecule has 19 heavy (non-hydrogen) atoms. The first-order valence-corrected chi connectivity index (χ1v) is 7.23. The van der Waals surface area contributed by atoms with Crippen LogP contribution >= 0.6 is 27.3 Å². The minimum Gasteiger partial charge on any atom is -0.497 e. The molecule has 3 aromatic rings. The van der Waals surface area contributed by atoms with Gasteiger partial charge in [0.1, 0.15) is 11.5 Å². The molecule has 0 fully saturated rings. The molecule has 0 unspecified atom stereocenters. The Balaban J connectivity index is 1.87. The summed E-state index contributed by atoms with van der Waals surface area (Å²) in [6.45, 7) is 0. The van der Waals surface area contributed by atoms with Crippen LogP contribution in [0.4, 0.5) is 0 Å². The SMILES string of the molecule is COc1ccc(Oc2nc3ccc(Br)cc3s2)cc1. The van der Waals surface area contributed by atoms with Crippen LogP contribution in [0, 0.1) is 0 Å². The Morgan fingerprint density at radius 3 is 2.53 bits per heavy atom. The molecule has 3 rings (SSSR count). The first kappa shape index (κ1) is 12.4. The van der Waals surface area contributed by atoms with Crippen molar-refractivity contribution < 1.29 is 9.47 Å². The highest BCUT2D eigenvalue weighted by atomic mass is 79.9. The van der Waals surface area contributed by atoms with E-state index in [4.69, 9.17) is 9.47 Å². The summed E-state index contributed by atoms with van der Waals surface area (Å²) in [7, 11) is 1.64. The summed E-state index contributed by atoms with van der Waals surface area (Å²) in [5, 5.41) is 0.637. The first-order chi connectivity index (χ1) is 9.24. The monoisotopic (exact) mass is 335 g/mol. The van der Waals surface area contributed by atoms with E-state index in [9.17, 15) is 0 Å². The van der Waals surface area contributed by atoms with Gasteiger partial charge in [0.2, 0.25) is 0 Å². The second kappa shape index (κ2) is 5.19. The van der Waals surface area contributed by atoms with E-state index in [1.165, 1.54) is 11.3 Å². The Labute approximate surface area is 122 Å². The van der Waals surface area contributed by atoms with Crippen LogP contribution in [-0.2, 0) is 0 Å². The zero-order valence-corrected chi connectivity index (χ0v) is 12.5. The van der Waals surface area contributed by atoms with Crippen LogP contribution in [0.25, 0.3) is 10.2 Å². The molecule has 0 aliphatic carbocycles. The second-order valence-electron chi connectivity index (χ2n) is 3.87. The minimum atomic E-state index is 0.637. The molecule has 0 atom stereocenters. The highest BCUT2D eigenvalue weighted by Gasteiger charge is 2.06. The highest BCUT2D eigenvalue weighted by Crippen LogP contribution is 2.33. The molecule has 0 saturated carbocycles. The zero-order valence-electron chi connectivity index (χ0n) is 10.1. The fourth-order valence-corrected chi connectivity index (χ4v) is 3.05. The van der Waals surface area contributed by atoms with Crippen molar-refractivity contribution in [3.63, 3.8) is 0 Å².